The molecule has 1 atom stereocenters. The largest absolute Gasteiger partial charge is 0.395 e. The second-order valence-corrected chi connectivity index (χ2v) is 9.43. The normalized spacial score (nSPS) is 19.9. The van der Waals surface area contributed by atoms with Crippen LogP contribution in [0.15, 0.2) is 30.6 Å². The van der Waals surface area contributed by atoms with Crippen LogP contribution in [0, 0.1) is 24.2 Å². The lowest BCUT2D eigenvalue weighted by Crippen LogP contribution is -2.28. The summed E-state index contributed by atoms with van der Waals surface area (Å²) in [6, 6.07) is 7.94. The van der Waals surface area contributed by atoms with E-state index < -0.39 is 5.41 Å². The van der Waals surface area contributed by atoms with E-state index in [1.54, 1.807) is 6.20 Å². The number of anilines is 3. The predicted molar refractivity (Wildman–Crippen MR) is 129 cm³/mol. The summed E-state index contributed by atoms with van der Waals surface area (Å²) in [5, 5.41) is 30.9. The van der Waals surface area contributed by atoms with Crippen molar-refractivity contribution in [2.45, 2.75) is 38.6 Å². The van der Waals surface area contributed by atoms with Crippen LogP contribution < -0.4 is 10.6 Å². The van der Waals surface area contributed by atoms with Gasteiger partial charge in [-0.25, -0.2) is 9.97 Å². The molecule has 1 fully saturated rings. The van der Waals surface area contributed by atoms with E-state index in [2.05, 4.69) is 26.8 Å². The number of ether oxygens (including phenoxy) is 1. The van der Waals surface area contributed by atoms with Crippen molar-refractivity contribution in [1.29, 1.82) is 5.26 Å². The minimum absolute atomic E-state index is 0.00491. The van der Waals surface area contributed by atoms with Gasteiger partial charge >= 0.3 is 0 Å². The number of rotatable bonds is 6. The van der Waals surface area contributed by atoms with Crippen molar-refractivity contribution in [1.82, 2.24) is 19.7 Å². The van der Waals surface area contributed by atoms with E-state index in [1.165, 1.54) is 0 Å². The van der Waals surface area contributed by atoms with Crippen LogP contribution in [0.5, 0.6) is 0 Å². The second-order valence-electron chi connectivity index (χ2n) is 9.43. The van der Waals surface area contributed by atoms with Gasteiger partial charge in [0.15, 0.2) is 0 Å². The minimum atomic E-state index is -0.443. The fraction of sp³-hybridized carbons (Fsp3) is 0.440. The van der Waals surface area contributed by atoms with E-state index in [1.807, 2.05) is 42.9 Å². The number of hydrogen-bond acceptors (Lipinski definition) is 8. The summed E-state index contributed by atoms with van der Waals surface area (Å²) in [4.78, 5) is 9.10. The number of benzene rings is 1. The van der Waals surface area contributed by atoms with Gasteiger partial charge < -0.3 is 20.5 Å². The molecule has 3 N–H and O–H groups in total. The maximum Gasteiger partial charge on any atom is 0.227 e. The zero-order valence-electron chi connectivity index (χ0n) is 19.5. The first-order valence-electron chi connectivity index (χ1n) is 11.6. The van der Waals surface area contributed by atoms with Crippen LogP contribution in [-0.4, -0.2) is 51.2 Å². The molecular weight excluding hydrogens is 430 g/mol. The van der Waals surface area contributed by atoms with Gasteiger partial charge in [-0.15, -0.1) is 0 Å². The van der Waals surface area contributed by atoms with E-state index in [0.29, 0.717) is 29.7 Å². The van der Waals surface area contributed by atoms with Crippen molar-refractivity contribution >= 4 is 17.3 Å². The smallest absolute Gasteiger partial charge is 0.227 e. The molecule has 0 spiro atoms. The Kier molecular flexibility index (Phi) is 5.94. The molecule has 176 valence electrons. The summed E-state index contributed by atoms with van der Waals surface area (Å²) >= 11 is 0. The van der Waals surface area contributed by atoms with Crippen LogP contribution in [0.1, 0.15) is 36.6 Å². The molecule has 1 aromatic carbocycles. The zero-order valence-corrected chi connectivity index (χ0v) is 19.5. The lowest BCUT2D eigenvalue weighted by Gasteiger charge is -2.21. The Morgan fingerprint density at radius 3 is 2.94 bits per heavy atom. The highest BCUT2D eigenvalue weighted by molar-refractivity contribution is 5.76. The van der Waals surface area contributed by atoms with Gasteiger partial charge in [0.25, 0.3) is 0 Å². The molecule has 1 saturated heterocycles. The van der Waals surface area contributed by atoms with Crippen LogP contribution >= 0.6 is 0 Å². The number of nitriles is 1. The summed E-state index contributed by atoms with van der Waals surface area (Å²) in [7, 11) is 0. The van der Waals surface area contributed by atoms with Gasteiger partial charge in [-0.2, -0.15) is 10.4 Å². The average molecular weight is 460 g/mol. The number of fused-ring (bicyclic) bond motifs is 1. The maximum atomic E-state index is 9.96. The highest BCUT2D eigenvalue weighted by Crippen LogP contribution is 2.41. The third-order valence-corrected chi connectivity index (χ3v) is 6.84. The molecule has 3 aromatic rings. The summed E-state index contributed by atoms with van der Waals surface area (Å²) in [6.07, 6.45) is 5.82. The lowest BCUT2D eigenvalue weighted by atomic mass is 9.83. The van der Waals surface area contributed by atoms with Gasteiger partial charge in [0.05, 0.1) is 34.9 Å². The fourth-order valence-electron chi connectivity index (χ4n) is 4.69. The summed E-state index contributed by atoms with van der Waals surface area (Å²) in [5.74, 6) is 1.04. The number of aliphatic hydroxyl groups excluding tert-OH is 1. The molecule has 0 aliphatic carbocycles. The third kappa shape index (κ3) is 4.22. The SMILES string of the molecule is Cc1nn(CC2CCOCC2)cc1Nc1nccc(-c2cc(C#N)c3c(c2)[C@@](C)(CO)CN3)n1. The monoisotopic (exact) mass is 459 g/mol. The molecular formula is C25H29N7O2. The van der Waals surface area contributed by atoms with Gasteiger partial charge in [-0.05, 0) is 49.4 Å². The Morgan fingerprint density at radius 2 is 2.18 bits per heavy atom. The van der Waals surface area contributed by atoms with E-state index >= 15 is 0 Å². The molecule has 9 heteroatoms. The zero-order chi connectivity index (χ0) is 23.7. The van der Waals surface area contributed by atoms with E-state index in [4.69, 9.17) is 9.72 Å². The molecule has 9 nitrogen and oxygen atoms in total. The van der Waals surface area contributed by atoms with Crippen LogP contribution in [-0.2, 0) is 16.7 Å². The molecule has 4 heterocycles. The van der Waals surface area contributed by atoms with Gasteiger partial charge in [-0.1, -0.05) is 6.92 Å². The van der Waals surface area contributed by atoms with Crippen molar-refractivity contribution in [2.75, 3.05) is 37.0 Å². The third-order valence-electron chi connectivity index (χ3n) is 6.84. The van der Waals surface area contributed by atoms with Crippen molar-refractivity contribution in [2.24, 2.45) is 5.92 Å². The number of aliphatic hydroxyl groups is 1. The Hall–Kier alpha value is -3.48. The molecule has 34 heavy (non-hydrogen) atoms. The molecule has 0 radical (unpaired) electrons. The number of nitrogens with one attached hydrogen (secondary N) is 2. The van der Waals surface area contributed by atoms with Gasteiger partial charge in [0.2, 0.25) is 5.95 Å². The standard InChI is InChI=1S/C25H29N7O2/c1-16-22(13-32(31-16)12-17-4-7-34-8-5-17)30-24-27-6-3-21(29-24)18-9-19(11-26)23-20(10-18)25(2,15-33)14-28-23/h3,6,9-10,13,17,28,33H,4-5,7-8,12,14-15H2,1-2H3,(H,27,29,30)/t25-/m1/s1. The molecule has 0 unspecified atom stereocenters. The van der Waals surface area contributed by atoms with Crippen molar-refractivity contribution < 1.29 is 9.84 Å². The Morgan fingerprint density at radius 1 is 1.35 bits per heavy atom. The quantitative estimate of drug-likeness (QED) is 0.513. The Balaban J connectivity index is 1.40. The van der Waals surface area contributed by atoms with E-state index in [-0.39, 0.29) is 6.61 Å². The molecule has 0 amide bonds. The topological polar surface area (TPSA) is 121 Å². The number of aryl methyl sites for hydroxylation is 1. The van der Waals surface area contributed by atoms with Crippen LogP contribution in [0.4, 0.5) is 17.3 Å². The summed E-state index contributed by atoms with van der Waals surface area (Å²) in [6.45, 7) is 7.05. The van der Waals surface area contributed by atoms with Crippen molar-refractivity contribution in [3.8, 4) is 17.3 Å². The number of aromatic nitrogens is 4. The Bertz CT molecular complexity index is 1240. The highest BCUT2D eigenvalue weighted by Gasteiger charge is 2.36. The molecule has 2 aromatic heterocycles. The lowest BCUT2D eigenvalue weighted by molar-refractivity contribution is 0.0601. The first-order valence-corrected chi connectivity index (χ1v) is 11.6. The van der Waals surface area contributed by atoms with Crippen molar-refractivity contribution in [3.05, 3.63) is 47.4 Å². The van der Waals surface area contributed by atoms with Gasteiger partial charge in [0, 0.05) is 49.7 Å². The predicted octanol–water partition coefficient (Wildman–Crippen LogP) is 3.37. The number of hydrogen-bond donors (Lipinski definition) is 3. The molecule has 0 saturated carbocycles. The first kappa shape index (κ1) is 22.3. The summed E-state index contributed by atoms with van der Waals surface area (Å²) < 4.78 is 7.44. The maximum absolute atomic E-state index is 9.96. The van der Waals surface area contributed by atoms with Gasteiger partial charge in [-0.3, -0.25) is 4.68 Å². The summed E-state index contributed by atoms with van der Waals surface area (Å²) in [5.41, 5.74) is 5.10. The van der Waals surface area contributed by atoms with Gasteiger partial charge in [0.1, 0.15) is 6.07 Å². The first-order chi connectivity index (χ1) is 16.5. The van der Waals surface area contributed by atoms with E-state index in [0.717, 1.165) is 60.8 Å². The van der Waals surface area contributed by atoms with E-state index in [9.17, 15) is 10.4 Å². The van der Waals surface area contributed by atoms with Crippen LogP contribution in [0.2, 0.25) is 0 Å². The molecule has 0 bridgehead atoms. The average Bonchev–Trinajstić information content (AvgIpc) is 3.38. The van der Waals surface area contributed by atoms with Crippen molar-refractivity contribution in [3.63, 3.8) is 0 Å². The Labute approximate surface area is 198 Å². The van der Waals surface area contributed by atoms with Crippen LogP contribution in [0.3, 0.4) is 0 Å². The van der Waals surface area contributed by atoms with Crippen LogP contribution in [0.25, 0.3) is 11.3 Å². The molecule has 2 aliphatic rings. The number of nitrogens with zero attached hydrogens (tertiary/aromatic N) is 5. The minimum Gasteiger partial charge on any atom is -0.395 e. The second kappa shape index (κ2) is 9.05. The molecule has 5 rings (SSSR count). The molecule has 2 aliphatic heterocycles. The fourth-order valence-corrected chi connectivity index (χ4v) is 4.69. The highest BCUT2D eigenvalue weighted by atomic mass is 16.5.